The van der Waals surface area contributed by atoms with E-state index >= 15 is 0 Å². The Labute approximate surface area is 94.4 Å². The van der Waals surface area contributed by atoms with E-state index in [0.717, 1.165) is 18.0 Å². The van der Waals surface area contributed by atoms with Crippen LogP contribution in [0, 0.1) is 5.92 Å². The molecule has 2 fully saturated rings. The van der Waals surface area contributed by atoms with Gasteiger partial charge in [-0.05, 0) is 52.0 Å². The largest absolute Gasteiger partial charge is 0.315 e. The zero-order chi connectivity index (χ0) is 10.7. The molecule has 15 heavy (non-hydrogen) atoms. The van der Waals surface area contributed by atoms with Crippen LogP contribution in [0.15, 0.2) is 0 Å². The molecule has 2 atom stereocenters. The molecule has 1 aliphatic heterocycles. The fourth-order valence-electron chi connectivity index (χ4n) is 2.75. The maximum Gasteiger partial charge on any atom is 0.0112 e. The van der Waals surface area contributed by atoms with Crippen molar-refractivity contribution in [2.45, 2.75) is 58.0 Å². The molecular weight excluding hydrogens is 184 g/mol. The van der Waals surface area contributed by atoms with Gasteiger partial charge in [-0.15, -0.1) is 0 Å². The molecule has 1 aliphatic carbocycles. The van der Waals surface area contributed by atoms with E-state index in [1.165, 1.54) is 51.7 Å². The van der Waals surface area contributed by atoms with Crippen molar-refractivity contribution < 1.29 is 0 Å². The van der Waals surface area contributed by atoms with Crippen LogP contribution in [-0.4, -0.2) is 36.6 Å². The molecule has 0 bridgehead atoms. The summed E-state index contributed by atoms with van der Waals surface area (Å²) in [7, 11) is 0. The lowest BCUT2D eigenvalue weighted by Gasteiger charge is -2.39. The first kappa shape index (κ1) is 11.4. The monoisotopic (exact) mass is 210 g/mol. The van der Waals surface area contributed by atoms with E-state index in [4.69, 9.17) is 0 Å². The van der Waals surface area contributed by atoms with Crippen molar-refractivity contribution in [3.8, 4) is 0 Å². The first-order valence-corrected chi connectivity index (χ1v) is 6.74. The Kier molecular flexibility index (Phi) is 4.04. The maximum atomic E-state index is 3.59. The molecule has 88 valence electrons. The van der Waals surface area contributed by atoms with E-state index in [0.29, 0.717) is 0 Å². The molecule has 1 saturated heterocycles. The number of nitrogens with one attached hydrogen (secondary N) is 1. The van der Waals surface area contributed by atoms with E-state index in [1.54, 1.807) is 0 Å². The molecule has 0 spiro atoms. The number of hydrogen-bond acceptors (Lipinski definition) is 2. The summed E-state index contributed by atoms with van der Waals surface area (Å²) in [5, 5.41) is 3.59. The fourth-order valence-corrected chi connectivity index (χ4v) is 2.75. The third kappa shape index (κ3) is 3.46. The van der Waals surface area contributed by atoms with Crippen molar-refractivity contribution in [1.82, 2.24) is 10.2 Å². The van der Waals surface area contributed by atoms with E-state index in [-0.39, 0.29) is 0 Å². The average molecular weight is 210 g/mol. The number of likely N-dealkylation sites (tertiary alicyclic amines) is 1. The second-order valence-corrected chi connectivity index (χ2v) is 5.51. The molecule has 0 aromatic heterocycles. The van der Waals surface area contributed by atoms with Gasteiger partial charge in [0.25, 0.3) is 0 Å². The lowest BCUT2D eigenvalue weighted by Crippen LogP contribution is -2.46. The minimum Gasteiger partial charge on any atom is -0.315 e. The molecule has 1 heterocycles. The Bertz CT molecular complexity index is 179. The molecule has 0 radical (unpaired) electrons. The van der Waals surface area contributed by atoms with Crippen molar-refractivity contribution in [3.05, 3.63) is 0 Å². The van der Waals surface area contributed by atoms with Gasteiger partial charge in [-0.2, -0.15) is 0 Å². The van der Waals surface area contributed by atoms with Gasteiger partial charge < -0.3 is 5.32 Å². The average Bonchev–Trinajstić information content (AvgIpc) is 3.00. The lowest BCUT2D eigenvalue weighted by atomic mass is 9.98. The second-order valence-electron chi connectivity index (χ2n) is 5.51. The minimum atomic E-state index is 0.802. The predicted molar refractivity (Wildman–Crippen MR) is 65.1 cm³/mol. The minimum absolute atomic E-state index is 0.802. The highest BCUT2D eigenvalue weighted by atomic mass is 15.2. The highest BCUT2D eigenvalue weighted by Gasteiger charge is 2.24. The first-order chi connectivity index (χ1) is 7.27. The van der Waals surface area contributed by atoms with Gasteiger partial charge in [0.05, 0.1) is 0 Å². The van der Waals surface area contributed by atoms with Crippen LogP contribution in [0.2, 0.25) is 0 Å². The summed E-state index contributed by atoms with van der Waals surface area (Å²) >= 11 is 0. The number of piperidine rings is 1. The number of hydrogen-bond donors (Lipinski definition) is 1. The molecule has 2 nitrogen and oxygen atoms in total. The van der Waals surface area contributed by atoms with Crippen LogP contribution in [0.5, 0.6) is 0 Å². The summed E-state index contributed by atoms with van der Waals surface area (Å²) < 4.78 is 0. The van der Waals surface area contributed by atoms with Crippen LogP contribution >= 0.6 is 0 Å². The molecule has 1 N–H and O–H groups in total. The first-order valence-electron chi connectivity index (χ1n) is 6.74. The van der Waals surface area contributed by atoms with Gasteiger partial charge in [0.15, 0.2) is 0 Å². The van der Waals surface area contributed by atoms with Crippen LogP contribution in [0.25, 0.3) is 0 Å². The summed E-state index contributed by atoms with van der Waals surface area (Å²) in [5.74, 6) is 1.02. The highest BCUT2D eigenvalue weighted by Crippen LogP contribution is 2.27. The van der Waals surface area contributed by atoms with Gasteiger partial charge in [-0.1, -0.05) is 6.42 Å². The van der Waals surface area contributed by atoms with Gasteiger partial charge in [-0.3, -0.25) is 4.90 Å². The van der Waals surface area contributed by atoms with E-state index in [1.807, 2.05) is 0 Å². The number of rotatable bonds is 5. The summed E-state index contributed by atoms with van der Waals surface area (Å²) in [6.07, 6.45) is 7.14. The van der Waals surface area contributed by atoms with Gasteiger partial charge >= 0.3 is 0 Å². The molecule has 2 rings (SSSR count). The normalized spacial score (nSPS) is 33.2. The third-order valence-corrected chi connectivity index (χ3v) is 4.05. The second kappa shape index (κ2) is 5.31. The summed E-state index contributed by atoms with van der Waals surface area (Å²) in [6.45, 7) is 8.46. The Morgan fingerprint density at radius 2 is 1.73 bits per heavy atom. The van der Waals surface area contributed by atoms with E-state index in [2.05, 4.69) is 24.1 Å². The summed E-state index contributed by atoms with van der Waals surface area (Å²) in [6, 6.07) is 1.60. The van der Waals surface area contributed by atoms with Crippen molar-refractivity contribution in [2.24, 2.45) is 5.92 Å². The van der Waals surface area contributed by atoms with Crippen LogP contribution in [-0.2, 0) is 0 Å². The Hall–Kier alpha value is -0.0800. The summed E-state index contributed by atoms with van der Waals surface area (Å²) in [5.41, 5.74) is 0. The predicted octanol–water partition coefficient (Wildman–Crippen LogP) is 2.25. The van der Waals surface area contributed by atoms with Crippen molar-refractivity contribution in [2.75, 3.05) is 19.6 Å². The van der Waals surface area contributed by atoms with Crippen molar-refractivity contribution in [1.29, 1.82) is 0 Å². The van der Waals surface area contributed by atoms with Crippen molar-refractivity contribution >= 4 is 0 Å². The summed E-state index contributed by atoms with van der Waals surface area (Å²) in [4.78, 5) is 2.68. The van der Waals surface area contributed by atoms with Crippen molar-refractivity contribution in [3.63, 3.8) is 0 Å². The topological polar surface area (TPSA) is 15.3 Å². The molecule has 0 amide bonds. The fraction of sp³-hybridized carbons (Fsp3) is 1.00. The van der Waals surface area contributed by atoms with E-state index in [9.17, 15) is 0 Å². The van der Waals surface area contributed by atoms with Crippen LogP contribution in [0.3, 0.4) is 0 Å². The Morgan fingerprint density at radius 1 is 1.07 bits per heavy atom. The molecule has 2 unspecified atom stereocenters. The highest BCUT2D eigenvalue weighted by molar-refractivity contribution is 4.80. The number of nitrogens with zero attached hydrogens (tertiary/aromatic N) is 1. The van der Waals surface area contributed by atoms with Gasteiger partial charge in [0.1, 0.15) is 0 Å². The smallest absolute Gasteiger partial charge is 0.0112 e. The maximum absolute atomic E-state index is 3.59. The van der Waals surface area contributed by atoms with Crippen LogP contribution in [0.1, 0.15) is 46.0 Å². The van der Waals surface area contributed by atoms with Crippen LogP contribution < -0.4 is 5.32 Å². The third-order valence-electron chi connectivity index (χ3n) is 4.05. The molecule has 1 saturated carbocycles. The molecule has 0 aromatic carbocycles. The SMILES string of the molecule is CC1CCCC(C)N1CCNCC1CC1. The van der Waals surface area contributed by atoms with Gasteiger partial charge in [0.2, 0.25) is 0 Å². The quantitative estimate of drug-likeness (QED) is 0.700. The zero-order valence-corrected chi connectivity index (χ0v) is 10.3. The molecule has 2 heteroatoms. The van der Waals surface area contributed by atoms with Crippen LogP contribution in [0.4, 0.5) is 0 Å². The lowest BCUT2D eigenvalue weighted by molar-refractivity contribution is 0.105. The molecule has 2 aliphatic rings. The standard InChI is InChI=1S/C13H26N2/c1-11-4-3-5-12(2)15(11)9-8-14-10-13-6-7-13/h11-14H,3-10H2,1-2H3. The Balaban J connectivity index is 1.62. The molecule has 0 aromatic rings. The van der Waals surface area contributed by atoms with E-state index < -0.39 is 0 Å². The van der Waals surface area contributed by atoms with Gasteiger partial charge in [-0.25, -0.2) is 0 Å². The molecular formula is C13H26N2. The Morgan fingerprint density at radius 3 is 2.33 bits per heavy atom. The zero-order valence-electron chi connectivity index (χ0n) is 10.3. The van der Waals surface area contributed by atoms with Gasteiger partial charge in [0, 0.05) is 25.2 Å².